The molecule has 0 aromatic carbocycles. The predicted octanol–water partition coefficient (Wildman–Crippen LogP) is 0.107. The minimum absolute atomic E-state index is 0.0240. The van der Waals surface area contributed by atoms with Crippen LogP contribution in [0.3, 0.4) is 0 Å². The van der Waals surface area contributed by atoms with Crippen LogP contribution in [0.15, 0.2) is 18.3 Å². The first kappa shape index (κ1) is 19.3. The number of sulfone groups is 1. The van der Waals surface area contributed by atoms with Crippen molar-refractivity contribution < 1.29 is 22.7 Å². The molecule has 2 rings (SSSR count). The molecular formula is C16H23N3O5S. The van der Waals surface area contributed by atoms with Gasteiger partial charge in [0.2, 0.25) is 0 Å². The maximum absolute atomic E-state index is 12.7. The smallest absolute Gasteiger partial charge is 0.272 e. The number of pyridine rings is 1. The first-order valence-electron chi connectivity index (χ1n) is 8.12. The summed E-state index contributed by atoms with van der Waals surface area (Å²) in [5, 5.41) is 2.68. The summed E-state index contributed by atoms with van der Waals surface area (Å²) in [6.45, 7) is 2.93. The van der Waals surface area contributed by atoms with E-state index in [9.17, 15) is 18.0 Å². The largest absolute Gasteiger partial charge is 0.383 e. The highest BCUT2D eigenvalue weighted by atomic mass is 32.2. The topological polar surface area (TPSA) is 106 Å². The van der Waals surface area contributed by atoms with Gasteiger partial charge in [0.15, 0.2) is 9.84 Å². The van der Waals surface area contributed by atoms with Crippen LogP contribution in [0.4, 0.5) is 0 Å². The van der Waals surface area contributed by atoms with E-state index in [4.69, 9.17) is 4.74 Å². The Bertz CT molecular complexity index is 735. The molecule has 2 heterocycles. The average Bonchev–Trinajstić information content (AvgIpc) is 2.95. The molecule has 2 amide bonds. The lowest BCUT2D eigenvalue weighted by atomic mass is 10.1. The molecule has 138 valence electrons. The Labute approximate surface area is 147 Å². The molecule has 1 atom stereocenters. The molecule has 1 aliphatic heterocycles. The highest BCUT2D eigenvalue weighted by molar-refractivity contribution is 7.91. The number of carbonyl (C=O) groups is 2. The number of methoxy groups -OCH3 is 1. The zero-order valence-electron chi connectivity index (χ0n) is 14.4. The summed E-state index contributed by atoms with van der Waals surface area (Å²) in [4.78, 5) is 30.4. The second kappa shape index (κ2) is 8.39. The molecule has 0 saturated carbocycles. The normalized spacial score (nSPS) is 18.7. The number of hydrogen-bond donors (Lipinski definition) is 1. The number of nitrogens with one attached hydrogen (secondary N) is 1. The van der Waals surface area contributed by atoms with Gasteiger partial charge in [0, 0.05) is 38.0 Å². The standard InChI is InChI=1S/C16H23N3O5S/c1-3-19(13-5-9-25(22,23)11-13)16(21)14-10-12(4-6-17-14)15(20)18-7-8-24-2/h4,6,10,13H,3,5,7-9,11H2,1-2H3,(H,18,20). The minimum atomic E-state index is -3.09. The highest BCUT2D eigenvalue weighted by Crippen LogP contribution is 2.19. The molecule has 0 aliphatic carbocycles. The lowest BCUT2D eigenvalue weighted by Gasteiger charge is -2.26. The predicted molar refractivity (Wildman–Crippen MR) is 92.2 cm³/mol. The van der Waals surface area contributed by atoms with E-state index in [-0.39, 0.29) is 35.1 Å². The number of nitrogens with zero attached hydrogens (tertiary/aromatic N) is 2. The van der Waals surface area contributed by atoms with Crippen molar-refractivity contribution in [2.24, 2.45) is 0 Å². The Hall–Kier alpha value is -2.00. The monoisotopic (exact) mass is 369 g/mol. The molecule has 1 N–H and O–H groups in total. The van der Waals surface area contributed by atoms with E-state index in [1.807, 2.05) is 0 Å². The van der Waals surface area contributed by atoms with Crippen LogP contribution in [-0.4, -0.2) is 74.5 Å². The number of amides is 2. The minimum Gasteiger partial charge on any atom is -0.383 e. The summed E-state index contributed by atoms with van der Waals surface area (Å²) >= 11 is 0. The van der Waals surface area contributed by atoms with E-state index in [1.54, 1.807) is 6.92 Å². The van der Waals surface area contributed by atoms with E-state index in [2.05, 4.69) is 10.3 Å². The maximum atomic E-state index is 12.7. The third-order valence-corrected chi connectivity index (χ3v) is 5.83. The van der Waals surface area contributed by atoms with E-state index >= 15 is 0 Å². The summed E-state index contributed by atoms with van der Waals surface area (Å²) in [6.07, 6.45) is 1.83. The Kier molecular flexibility index (Phi) is 6.49. The van der Waals surface area contributed by atoms with E-state index in [1.165, 1.54) is 30.3 Å². The van der Waals surface area contributed by atoms with Crippen LogP contribution in [0.1, 0.15) is 34.2 Å². The van der Waals surface area contributed by atoms with Crippen LogP contribution < -0.4 is 5.32 Å². The highest BCUT2D eigenvalue weighted by Gasteiger charge is 2.34. The number of ether oxygens (including phenoxy) is 1. The molecule has 8 nitrogen and oxygen atoms in total. The Morgan fingerprint density at radius 3 is 2.80 bits per heavy atom. The lowest BCUT2D eigenvalue weighted by Crippen LogP contribution is -2.41. The average molecular weight is 369 g/mol. The number of hydrogen-bond acceptors (Lipinski definition) is 6. The van der Waals surface area contributed by atoms with Gasteiger partial charge >= 0.3 is 0 Å². The van der Waals surface area contributed by atoms with Crippen LogP contribution >= 0.6 is 0 Å². The van der Waals surface area contributed by atoms with Gasteiger partial charge in [-0.2, -0.15) is 0 Å². The fourth-order valence-corrected chi connectivity index (χ4v) is 4.52. The first-order chi connectivity index (χ1) is 11.9. The van der Waals surface area contributed by atoms with Gasteiger partial charge in [-0.25, -0.2) is 8.42 Å². The molecule has 1 aliphatic rings. The Morgan fingerprint density at radius 1 is 1.44 bits per heavy atom. The van der Waals surface area contributed by atoms with Gasteiger partial charge in [-0.05, 0) is 25.5 Å². The quantitative estimate of drug-likeness (QED) is 0.684. The zero-order chi connectivity index (χ0) is 18.4. The molecule has 1 aromatic heterocycles. The summed E-state index contributed by atoms with van der Waals surface area (Å²) in [5.74, 6) is -0.614. The summed E-state index contributed by atoms with van der Waals surface area (Å²) in [7, 11) is -1.55. The van der Waals surface area contributed by atoms with Crippen molar-refractivity contribution in [2.75, 3.05) is 38.3 Å². The van der Waals surface area contributed by atoms with Gasteiger partial charge in [0.05, 0.1) is 18.1 Å². The summed E-state index contributed by atoms with van der Waals surface area (Å²) < 4.78 is 28.2. The van der Waals surface area contributed by atoms with Crippen molar-refractivity contribution in [1.29, 1.82) is 0 Å². The maximum Gasteiger partial charge on any atom is 0.272 e. The van der Waals surface area contributed by atoms with Crippen LogP contribution in [0.25, 0.3) is 0 Å². The van der Waals surface area contributed by atoms with Gasteiger partial charge in [0.25, 0.3) is 11.8 Å². The Morgan fingerprint density at radius 2 is 2.20 bits per heavy atom. The number of carbonyl (C=O) groups excluding carboxylic acids is 2. The molecule has 0 radical (unpaired) electrons. The molecule has 0 bridgehead atoms. The molecular weight excluding hydrogens is 346 g/mol. The van der Waals surface area contributed by atoms with Crippen molar-refractivity contribution in [2.45, 2.75) is 19.4 Å². The van der Waals surface area contributed by atoms with Crippen molar-refractivity contribution in [3.8, 4) is 0 Å². The number of rotatable bonds is 7. The molecule has 1 unspecified atom stereocenters. The molecule has 1 saturated heterocycles. The fraction of sp³-hybridized carbons (Fsp3) is 0.562. The molecule has 1 aromatic rings. The van der Waals surface area contributed by atoms with E-state index < -0.39 is 9.84 Å². The lowest BCUT2D eigenvalue weighted by molar-refractivity contribution is 0.0702. The van der Waals surface area contributed by atoms with Crippen molar-refractivity contribution in [3.05, 3.63) is 29.6 Å². The van der Waals surface area contributed by atoms with Gasteiger partial charge < -0.3 is 15.0 Å². The summed E-state index contributed by atoms with van der Waals surface area (Å²) in [5.41, 5.74) is 0.454. The van der Waals surface area contributed by atoms with Crippen LogP contribution in [0.5, 0.6) is 0 Å². The van der Waals surface area contributed by atoms with Crippen LogP contribution in [-0.2, 0) is 14.6 Å². The van der Waals surface area contributed by atoms with E-state index in [0.29, 0.717) is 31.7 Å². The Balaban J connectivity index is 2.13. The zero-order valence-corrected chi connectivity index (χ0v) is 15.2. The van der Waals surface area contributed by atoms with Gasteiger partial charge in [0.1, 0.15) is 5.69 Å². The van der Waals surface area contributed by atoms with Gasteiger partial charge in [-0.3, -0.25) is 14.6 Å². The number of aromatic nitrogens is 1. The van der Waals surface area contributed by atoms with E-state index in [0.717, 1.165) is 0 Å². The SMILES string of the molecule is CCN(C(=O)c1cc(C(=O)NCCOC)ccn1)C1CCS(=O)(=O)C1. The second-order valence-electron chi connectivity index (χ2n) is 5.83. The van der Waals surface area contributed by atoms with Crippen molar-refractivity contribution >= 4 is 21.7 Å². The van der Waals surface area contributed by atoms with Crippen molar-refractivity contribution in [1.82, 2.24) is 15.2 Å². The molecule has 25 heavy (non-hydrogen) atoms. The van der Waals surface area contributed by atoms with Gasteiger partial charge in [-0.1, -0.05) is 0 Å². The molecule has 9 heteroatoms. The second-order valence-corrected chi connectivity index (χ2v) is 8.06. The molecule has 1 fully saturated rings. The van der Waals surface area contributed by atoms with Crippen molar-refractivity contribution in [3.63, 3.8) is 0 Å². The third kappa shape index (κ3) is 4.99. The van der Waals surface area contributed by atoms with Crippen LogP contribution in [0, 0.1) is 0 Å². The fourth-order valence-electron chi connectivity index (χ4n) is 2.79. The van der Waals surface area contributed by atoms with Crippen LogP contribution in [0.2, 0.25) is 0 Å². The molecule has 0 spiro atoms. The third-order valence-electron chi connectivity index (χ3n) is 4.08. The van der Waals surface area contributed by atoms with Gasteiger partial charge in [-0.15, -0.1) is 0 Å². The summed E-state index contributed by atoms with van der Waals surface area (Å²) in [6, 6.07) is 2.61. The first-order valence-corrected chi connectivity index (χ1v) is 9.94.